The van der Waals surface area contributed by atoms with E-state index < -0.39 is 6.04 Å². The van der Waals surface area contributed by atoms with Crippen molar-refractivity contribution in [2.75, 3.05) is 5.32 Å². The highest BCUT2D eigenvalue weighted by atomic mass is 32.1. The van der Waals surface area contributed by atoms with Crippen LogP contribution in [-0.4, -0.2) is 22.8 Å². The molecule has 1 unspecified atom stereocenters. The van der Waals surface area contributed by atoms with Gasteiger partial charge in [0, 0.05) is 12.0 Å². The van der Waals surface area contributed by atoms with Gasteiger partial charge in [-0.05, 0) is 29.8 Å². The molecule has 6 heteroatoms. The molecule has 2 N–H and O–H groups in total. The topological polar surface area (TPSA) is 71.1 Å². The van der Waals surface area contributed by atoms with E-state index in [0.717, 1.165) is 15.8 Å². The molecule has 1 heterocycles. The molecule has 0 spiro atoms. The quantitative estimate of drug-likeness (QED) is 0.507. The predicted octanol–water partition coefficient (Wildman–Crippen LogP) is 4.28. The maximum Gasteiger partial charge on any atom is 0.251 e. The number of hydrogen-bond donors (Lipinski definition) is 2. The van der Waals surface area contributed by atoms with Gasteiger partial charge in [0.2, 0.25) is 5.91 Å². The first-order valence-corrected chi connectivity index (χ1v) is 10.1. The van der Waals surface area contributed by atoms with Gasteiger partial charge in [-0.15, -0.1) is 11.3 Å². The molecular weight excluding hydrogens is 382 g/mol. The lowest BCUT2D eigenvalue weighted by Crippen LogP contribution is -2.45. The number of carbonyl (C=O) groups is 2. The van der Waals surface area contributed by atoms with Crippen LogP contribution in [0.5, 0.6) is 0 Å². The Labute approximate surface area is 172 Å². The van der Waals surface area contributed by atoms with Crippen LogP contribution in [0.2, 0.25) is 0 Å². The highest BCUT2D eigenvalue weighted by molar-refractivity contribution is 7.17. The monoisotopic (exact) mass is 401 g/mol. The summed E-state index contributed by atoms with van der Waals surface area (Å²) in [5.41, 5.74) is 4.77. The Kier molecular flexibility index (Phi) is 5.63. The van der Waals surface area contributed by atoms with E-state index in [1.165, 1.54) is 11.3 Å². The summed E-state index contributed by atoms with van der Waals surface area (Å²) < 4.78 is 0.911. The van der Waals surface area contributed by atoms with E-state index >= 15 is 0 Å². The van der Waals surface area contributed by atoms with E-state index in [1.807, 2.05) is 54.6 Å². The Bertz CT molecular complexity index is 1130. The molecule has 0 saturated heterocycles. The summed E-state index contributed by atoms with van der Waals surface area (Å²) in [7, 11) is 0. The zero-order valence-corrected chi connectivity index (χ0v) is 16.4. The maximum absolute atomic E-state index is 13.1. The molecule has 0 aliphatic rings. The number of hydrogen-bond acceptors (Lipinski definition) is 4. The highest BCUT2D eigenvalue weighted by Crippen LogP contribution is 2.26. The van der Waals surface area contributed by atoms with Gasteiger partial charge in [-0.1, -0.05) is 54.6 Å². The van der Waals surface area contributed by atoms with Crippen molar-refractivity contribution in [2.45, 2.75) is 12.5 Å². The molecule has 1 aromatic heterocycles. The first-order chi connectivity index (χ1) is 14.2. The fraction of sp³-hybridized carbons (Fsp3) is 0.0870. The normalized spacial score (nSPS) is 11.7. The van der Waals surface area contributed by atoms with Crippen molar-refractivity contribution >= 4 is 39.1 Å². The van der Waals surface area contributed by atoms with Gasteiger partial charge in [0.1, 0.15) is 6.04 Å². The number of fused-ring (bicyclic) bond motifs is 1. The Morgan fingerprint density at radius 2 is 1.62 bits per heavy atom. The van der Waals surface area contributed by atoms with Crippen LogP contribution in [0.3, 0.4) is 0 Å². The summed E-state index contributed by atoms with van der Waals surface area (Å²) in [5.74, 6) is -0.545. The number of aromatic nitrogens is 1. The number of nitrogens with one attached hydrogen (secondary N) is 2. The number of thiazole rings is 1. The molecule has 0 aliphatic carbocycles. The predicted molar refractivity (Wildman–Crippen MR) is 116 cm³/mol. The lowest BCUT2D eigenvalue weighted by molar-refractivity contribution is -0.118. The van der Waals surface area contributed by atoms with Crippen molar-refractivity contribution in [3.05, 3.63) is 95.5 Å². The molecule has 0 saturated carbocycles. The minimum Gasteiger partial charge on any atom is -0.340 e. The van der Waals surface area contributed by atoms with Crippen LogP contribution in [0.1, 0.15) is 15.9 Å². The van der Waals surface area contributed by atoms with Gasteiger partial charge in [0.25, 0.3) is 5.91 Å². The van der Waals surface area contributed by atoms with Gasteiger partial charge < -0.3 is 10.6 Å². The SMILES string of the molecule is O=C(NC(Cc1ccccc1)C(=O)Nc1cccc2ncsc12)c1ccccc1. The zero-order valence-electron chi connectivity index (χ0n) is 15.5. The fourth-order valence-electron chi connectivity index (χ4n) is 3.09. The van der Waals surface area contributed by atoms with Gasteiger partial charge >= 0.3 is 0 Å². The van der Waals surface area contributed by atoms with E-state index in [-0.39, 0.29) is 11.8 Å². The number of anilines is 1. The Balaban J connectivity index is 1.57. The Morgan fingerprint density at radius 3 is 2.38 bits per heavy atom. The van der Waals surface area contributed by atoms with Crippen molar-refractivity contribution in [2.24, 2.45) is 0 Å². The number of amides is 2. The second-order valence-corrected chi connectivity index (χ2v) is 7.43. The van der Waals surface area contributed by atoms with Gasteiger partial charge in [-0.2, -0.15) is 0 Å². The molecule has 5 nitrogen and oxygen atoms in total. The van der Waals surface area contributed by atoms with Crippen molar-refractivity contribution < 1.29 is 9.59 Å². The molecule has 0 bridgehead atoms. The number of benzene rings is 3. The minimum absolute atomic E-state index is 0.265. The maximum atomic E-state index is 13.1. The van der Waals surface area contributed by atoms with Crippen molar-refractivity contribution in [3.8, 4) is 0 Å². The summed E-state index contributed by atoms with van der Waals surface area (Å²) in [6.45, 7) is 0. The summed E-state index contributed by atoms with van der Waals surface area (Å²) in [6.07, 6.45) is 0.393. The van der Waals surface area contributed by atoms with Crippen LogP contribution in [0.15, 0.2) is 84.4 Å². The van der Waals surface area contributed by atoms with E-state index in [4.69, 9.17) is 0 Å². The third kappa shape index (κ3) is 4.50. The number of nitrogens with zero attached hydrogens (tertiary/aromatic N) is 1. The minimum atomic E-state index is -0.715. The first-order valence-electron chi connectivity index (χ1n) is 9.23. The summed E-state index contributed by atoms with van der Waals surface area (Å²) in [5, 5.41) is 5.85. The van der Waals surface area contributed by atoms with Crippen molar-refractivity contribution in [1.29, 1.82) is 0 Å². The molecule has 0 fully saturated rings. The van der Waals surface area contributed by atoms with Crippen LogP contribution in [0.4, 0.5) is 5.69 Å². The molecule has 0 radical (unpaired) electrons. The standard InChI is InChI=1S/C23H19N3O2S/c27-22(17-10-5-2-6-11-17)26-20(14-16-8-3-1-4-9-16)23(28)25-19-13-7-12-18-21(19)29-15-24-18/h1-13,15,20H,14H2,(H,25,28)(H,26,27). The van der Waals surface area contributed by atoms with E-state index in [9.17, 15) is 9.59 Å². The van der Waals surface area contributed by atoms with Crippen LogP contribution < -0.4 is 10.6 Å². The lowest BCUT2D eigenvalue weighted by atomic mass is 10.0. The highest BCUT2D eigenvalue weighted by Gasteiger charge is 2.23. The van der Waals surface area contributed by atoms with E-state index in [2.05, 4.69) is 15.6 Å². The second kappa shape index (κ2) is 8.67. The van der Waals surface area contributed by atoms with Crippen LogP contribution in [0, 0.1) is 0 Å². The number of carbonyl (C=O) groups excluding carboxylic acids is 2. The molecule has 0 aliphatic heterocycles. The Morgan fingerprint density at radius 1 is 0.897 bits per heavy atom. The molecule has 2 amide bonds. The Hall–Kier alpha value is -3.51. The van der Waals surface area contributed by atoms with Crippen molar-refractivity contribution in [1.82, 2.24) is 10.3 Å². The molecule has 4 rings (SSSR count). The molecule has 3 aromatic carbocycles. The molecule has 1 atom stereocenters. The van der Waals surface area contributed by atoms with Gasteiger partial charge in [0.15, 0.2) is 0 Å². The third-order valence-electron chi connectivity index (χ3n) is 4.55. The fourth-order valence-corrected chi connectivity index (χ4v) is 3.85. The average Bonchev–Trinajstić information content (AvgIpc) is 3.24. The van der Waals surface area contributed by atoms with E-state index in [1.54, 1.807) is 29.8 Å². The molecule has 29 heavy (non-hydrogen) atoms. The average molecular weight is 401 g/mol. The summed E-state index contributed by atoms with van der Waals surface area (Å²) in [4.78, 5) is 30.1. The van der Waals surface area contributed by atoms with Gasteiger partial charge in [-0.25, -0.2) is 4.98 Å². The van der Waals surface area contributed by atoms with Crippen LogP contribution >= 0.6 is 11.3 Å². The van der Waals surface area contributed by atoms with Crippen LogP contribution in [0.25, 0.3) is 10.2 Å². The first kappa shape index (κ1) is 18.8. The third-order valence-corrected chi connectivity index (χ3v) is 5.43. The summed E-state index contributed by atoms with van der Waals surface area (Å²) in [6, 6.07) is 23.4. The summed E-state index contributed by atoms with van der Waals surface area (Å²) >= 11 is 1.47. The lowest BCUT2D eigenvalue weighted by Gasteiger charge is -2.19. The van der Waals surface area contributed by atoms with Gasteiger partial charge in [-0.3, -0.25) is 9.59 Å². The number of rotatable bonds is 6. The van der Waals surface area contributed by atoms with Crippen molar-refractivity contribution in [3.63, 3.8) is 0 Å². The zero-order chi connectivity index (χ0) is 20.1. The van der Waals surface area contributed by atoms with Crippen LogP contribution in [-0.2, 0) is 11.2 Å². The van der Waals surface area contributed by atoms with Gasteiger partial charge in [0.05, 0.1) is 21.4 Å². The van der Waals surface area contributed by atoms with E-state index in [0.29, 0.717) is 17.7 Å². The second-order valence-electron chi connectivity index (χ2n) is 6.58. The molecular formula is C23H19N3O2S. The largest absolute Gasteiger partial charge is 0.340 e. The smallest absolute Gasteiger partial charge is 0.251 e. The molecule has 4 aromatic rings. The molecule has 144 valence electrons.